The lowest BCUT2D eigenvalue weighted by molar-refractivity contribution is -0.155. The number of rotatable bonds is 3. The van der Waals surface area contributed by atoms with Crippen molar-refractivity contribution in [3.63, 3.8) is 0 Å². The van der Waals surface area contributed by atoms with Crippen LogP contribution >= 0.6 is 0 Å². The third kappa shape index (κ3) is 2.83. The van der Waals surface area contributed by atoms with Gasteiger partial charge in [0.15, 0.2) is 6.10 Å². The summed E-state index contributed by atoms with van der Waals surface area (Å²) < 4.78 is 5.30. The van der Waals surface area contributed by atoms with Gasteiger partial charge in [-0.2, -0.15) is 0 Å². The van der Waals surface area contributed by atoms with E-state index in [2.05, 4.69) is 6.92 Å². The Morgan fingerprint density at radius 3 is 2.28 bits per heavy atom. The Balaban J connectivity index is 1.84. The summed E-state index contributed by atoms with van der Waals surface area (Å²) in [4.78, 5) is 24.8. The zero-order valence-corrected chi connectivity index (χ0v) is 10.8. The predicted octanol–water partition coefficient (Wildman–Crippen LogP) is 1.27. The largest absolute Gasteiger partial charge is 0.479 e. The van der Waals surface area contributed by atoms with Crippen LogP contribution in [0.4, 0.5) is 0 Å². The summed E-state index contributed by atoms with van der Waals surface area (Å²) in [6.45, 7) is 3.75. The Kier molecular flexibility index (Phi) is 4.22. The van der Waals surface area contributed by atoms with Gasteiger partial charge >= 0.3 is 5.97 Å². The van der Waals surface area contributed by atoms with Crippen LogP contribution in [-0.4, -0.2) is 47.2 Å². The van der Waals surface area contributed by atoms with Gasteiger partial charge in [0.1, 0.15) is 6.10 Å². The molecule has 0 aromatic carbocycles. The average molecular weight is 255 g/mol. The smallest absolute Gasteiger partial charge is 0.332 e. The Hall–Kier alpha value is -1.10. The molecule has 2 rings (SSSR count). The highest BCUT2D eigenvalue weighted by Gasteiger charge is 2.37. The second-order valence-corrected chi connectivity index (χ2v) is 5.21. The molecule has 2 aliphatic heterocycles. The fourth-order valence-corrected chi connectivity index (χ4v) is 2.77. The van der Waals surface area contributed by atoms with E-state index in [4.69, 9.17) is 9.84 Å². The molecule has 2 unspecified atom stereocenters. The first kappa shape index (κ1) is 13.3. The van der Waals surface area contributed by atoms with Crippen molar-refractivity contribution in [2.45, 2.75) is 51.2 Å². The summed E-state index contributed by atoms with van der Waals surface area (Å²) in [6, 6.07) is 0. The molecule has 2 atom stereocenters. The second kappa shape index (κ2) is 5.69. The number of carboxylic acid groups (broad SMARTS) is 1. The van der Waals surface area contributed by atoms with Crippen molar-refractivity contribution in [1.82, 2.24) is 4.90 Å². The Bertz CT molecular complexity index is 323. The first-order valence-corrected chi connectivity index (χ1v) is 6.79. The summed E-state index contributed by atoms with van der Waals surface area (Å²) in [5.41, 5.74) is 0. The average Bonchev–Trinajstić information content (AvgIpc) is 2.88. The van der Waals surface area contributed by atoms with Crippen LogP contribution in [0.1, 0.15) is 39.0 Å². The molecule has 2 heterocycles. The number of nitrogens with zero attached hydrogens (tertiary/aromatic N) is 1. The Morgan fingerprint density at radius 2 is 1.78 bits per heavy atom. The summed E-state index contributed by atoms with van der Waals surface area (Å²) in [5.74, 6) is -0.256. The third-order valence-electron chi connectivity index (χ3n) is 4.07. The van der Waals surface area contributed by atoms with E-state index in [9.17, 15) is 9.59 Å². The van der Waals surface area contributed by atoms with Gasteiger partial charge in [0.25, 0.3) is 5.91 Å². The van der Waals surface area contributed by atoms with Gasteiger partial charge in [0.2, 0.25) is 0 Å². The highest BCUT2D eigenvalue weighted by atomic mass is 16.5. The molecule has 0 bridgehead atoms. The van der Waals surface area contributed by atoms with E-state index < -0.39 is 18.2 Å². The van der Waals surface area contributed by atoms with Gasteiger partial charge in [-0.05, 0) is 31.6 Å². The number of carbonyl (C=O) groups excluding carboxylic acids is 1. The van der Waals surface area contributed by atoms with Crippen molar-refractivity contribution in [3.8, 4) is 0 Å². The predicted molar refractivity (Wildman–Crippen MR) is 65.1 cm³/mol. The summed E-state index contributed by atoms with van der Waals surface area (Å²) in [7, 11) is 0. The fourth-order valence-electron chi connectivity index (χ4n) is 2.77. The minimum atomic E-state index is -0.963. The number of amides is 1. The molecule has 2 aliphatic rings. The Labute approximate surface area is 107 Å². The number of hydrogen-bond acceptors (Lipinski definition) is 3. The van der Waals surface area contributed by atoms with Gasteiger partial charge in [-0.1, -0.05) is 13.3 Å². The van der Waals surface area contributed by atoms with E-state index in [-0.39, 0.29) is 5.91 Å². The van der Waals surface area contributed by atoms with E-state index in [1.807, 2.05) is 4.90 Å². The maximum atomic E-state index is 12.2. The minimum Gasteiger partial charge on any atom is -0.479 e. The monoisotopic (exact) mass is 255 g/mol. The number of ether oxygens (including phenoxy) is 1. The van der Waals surface area contributed by atoms with E-state index >= 15 is 0 Å². The topological polar surface area (TPSA) is 66.8 Å². The first-order valence-electron chi connectivity index (χ1n) is 6.79. The maximum Gasteiger partial charge on any atom is 0.332 e. The van der Waals surface area contributed by atoms with Crippen LogP contribution in [0.3, 0.4) is 0 Å². The number of hydrogen-bond donors (Lipinski definition) is 1. The molecular formula is C13H21NO4. The highest BCUT2D eigenvalue weighted by molar-refractivity contribution is 5.82. The highest BCUT2D eigenvalue weighted by Crippen LogP contribution is 2.25. The maximum absolute atomic E-state index is 12.2. The van der Waals surface area contributed by atoms with Crippen LogP contribution in [0.5, 0.6) is 0 Å². The number of carboxylic acids is 1. The van der Waals surface area contributed by atoms with Crippen LogP contribution in [-0.2, 0) is 14.3 Å². The van der Waals surface area contributed by atoms with Gasteiger partial charge in [0.05, 0.1) is 0 Å². The van der Waals surface area contributed by atoms with E-state index in [0.717, 1.165) is 31.8 Å². The van der Waals surface area contributed by atoms with Gasteiger partial charge in [-0.25, -0.2) is 4.79 Å². The molecule has 102 valence electrons. The Morgan fingerprint density at radius 1 is 1.17 bits per heavy atom. The van der Waals surface area contributed by atoms with Gasteiger partial charge in [0, 0.05) is 13.1 Å². The SMILES string of the molecule is CCC1CCN(C(=O)C2CCC(C(=O)O)O2)CC1. The zero-order chi connectivity index (χ0) is 13.1. The van der Waals surface area contributed by atoms with Crippen molar-refractivity contribution < 1.29 is 19.4 Å². The molecule has 1 N–H and O–H groups in total. The van der Waals surface area contributed by atoms with Crippen molar-refractivity contribution in [1.29, 1.82) is 0 Å². The number of aliphatic carboxylic acids is 1. The van der Waals surface area contributed by atoms with E-state index in [0.29, 0.717) is 12.8 Å². The molecule has 0 spiro atoms. The molecule has 0 radical (unpaired) electrons. The normalized spacial score (nSPS) is 29.5. The van der Waals surface area contributed by atoms with Crippen molar-refractivity contribution >= 4 is 11.9 Å². The molecule has 2 fully saturated rings. The first-order chi connectivity index (χ1) is 8.61. The summed E-state index contributed by atoms with van der Waals surface area (Å²) in [5, 5.41) is 8.84. The van der Waals surface area contributed by atoms with E-state index in [1.165, 1.54) is 6.42 Å². The number of likely N-dealkylation sites (tertiary alicyclic amines) is 1. The molecule has 0 aliphatic carbocycles. The second-order valence-electron chi connectivity index (χ2n) is 5.21. The van der Waals surface area contributed by atoms with Gasteiger partial charge < -0.3 is 14.7 Å². The summed E-state index contributed by atoms with van der Waals surface area (Å²) >= 11 is 0. The molecule has 5 heteroatoms. The fraction of sp³-hybridized carbons (Fsp3) is 0.846. The standard InChI is InChI=1S/C13H21NO4/c1-2-9-5-7-14(8-6-9)12(15)10-3-4-11(18-10)13(16)17/h9-11H,2-8H2,1H3,(H,16,17). The molecule has 5 nitrogen and oxygen atoms in total. The van der Waals surface area contributed by atoms with Gasteiger partial charge in [-0.15, -0.1) is 0 Å². The zero-order valence-electron chi connectivity index (χ0n) is 10.8. The number of piperidine rings is 1. The lowest BCUT2D eigenvalue weighted by Crippen LogP contribution is -2.44. The molecule has 18 heavy (non-hydrogen) atoms. The molecule has 2 saturated heterocycles. The van der Waals surface area contributed by atoms with Gasteiger partial charge in [-0.3, -0.25) is 4.79 Å². The van der Waals surface area contributed by atoms with Crippen LogP contribution in [0.2, 0.25) is 0 Å². The van der Waals surface area contributed by atoms with Crippen molar-refractivity contribution in [2.75, 3.05) is 13.1 Å². The molecule has 1 amide bonds. The van der Waals surface area contributed by atoms with Crippen molar-refractivity contribution in [3.05, 3.63) is 0 Å². The van der Waals surface area contributed by atoms with Crippen LogP contribution in [0, 0.1) is 5.92 Å². The third-order valence-corrected chi connectivity index (χ3v) is 4.07. The van der Waals surface area contributed by atoms with Crippen LogP contribution < -0.4 is 0 Å². The molecule has 0 aromatic heterocycles. The quantitative estimate of drug-likeness (QED) is 0.824. The summed E-state index contributed by atoms with van der Waals surface area (Å²) in [6.07, 6.45) is 2.91. The lowest BCUT2D eigenvalue weighted by atomic mass is 9.94. The minimum absolute atomic E-state index is 0.0201. The van der Waals surface area contributed by atoms with Crippen molar-refractivity contribution in [2.24, 2.45) is 5.92 Å². The van der Waals surface area contributed by atoms with E-state index in [1.54, 1.807) is 0 Å². The lowest BCUT2D eigenvalue weighted by Gasteiger charge is -2.33. The molecule has 0 saturated carbocycles. The molecule has 0 aromatic rings. The van der Waals surface area contributed by atoms with Crippen LogP contribution in [0.15, 0.2) is 0 Å². The van der Waals surface area contributed by atoms with Crippen LogP contribution in [0.25, 0.3) is 0 Å². The molecular weight excluding hydrogens is 234 g/mol. The number of carbonyl (C=O) groups is 2.